The lowest BCUT2D eigenvalue weighted by molar-refractivity contribution is 0.0902. The molecule has 0 radical (unpaired) electrons. The molecule has 0 aromatic heterocycles. The molecule has 0 bridgehead atoms. The van der Waals surface area contributed by atoms with Crippen molar-refractivity contribution < 1.29 is 17.9 Å². The van der Waals surface area contributed by atoms with Crippen molar-refractivity contribution in [3.63, 3.8) is 0 Å². The molecular formula is C13H19NO4S. The second-order valence-corrected chi connectivity index (χ2v) is 6.65. The van der Waals surface area contributed by atoms with Crippen molar-refractivity contribution in [3.8, 4) is 11.5 Å². The highest BCUT2D eigenvalue weighted by atomic mass is 32.2. The van der Waals surface area contributed by atoms with Gasteiger partial charge in [0.15, 0.2) is 21.3 Å². The molecule has 6 heteroatoms. The maximum Gasteiger partial charge on any atom is 0.175 e. The van der Waals surface area contributed by atoms with Crippen LogP contribution in [0.25, 0.3) is 0 Å². The minimum Gasteiger partial charge on any atom is -0.486 e. The van der Waals surface area contributed by atoms with Crippen molar-refractivity contribution in [1.82, 2.24) is 5.32 Å². The molecule has 0 amide bonds. The van der Waals surface area contributed by atoms with E-state index in [0.717, 1.165) is 13.0 Å². The lowest BCUT2D eigenvalue weighted by atomic mass is 10.2. The second kappa shape index (κ2) is 5.79. The predicted molar refractivity (Wildman–Crippen MR) is 72.6 cm³/mol. The van der Waals surface area contributed by atoms with E-state index in [-0.39, 0.29) is 11.0 Å². The van der Waals surface area contributed by atoms with Gasteiger partial charge >= 0.3 is 0 Å². The van der Waals surface area contributed by atoms with E-state index in [4.69, 9.17) is 9.47 Å². The van der Waals surface area contributed by atoms with Crippen LogP contribution in [0.4, 0.5) is 0 Å². The van der Waals surface area contributed by atoms with Gasteiger partial charge in [-0.2, -0.15) is 0 Å². The number of hydrogen-bond donors (Lipinski definition) is 1. The minimum atomic E-state index is -3.23. The summed E-state index contributed by atoms with van der Waals surface area (Å²) < 4.78 is 34.3. The van der Waals surface area contributed by atoms with Crippen molar-refractivity contribution in [1.29, 1.82) is 0 Å². The maximum atomic E-state index is 11.5. The fraction of sp³-hybridized carbons (Fsp3) is 0.538. The summed E-state index contributed by atoms with van der Waals surface area (Å²) in [6.07, 6.45) is 2.15. The number of hydrogen-bond acceptors (Lipinski definition) is 5. The normalized spacial score (nSPS) is 18.3. The van der Waals surface area contributed by atoms with E-state index in [9.17, 15) is 8.42 Å². The third kappa shape index (κ3) is 3.61. The summed E-state index contributed by atoms with van der Waals surface area (Å²) in [7, 11) is -3.23. The van der Waals surface area contributed by atoms with Crippen molar-refractivity contribution in [2.24, 2.45) is 0 Å². The monoisotopic (exact) mass is 285 g/mol. The van der Waals surface area contributed by atoms with Crippen molar-refractivity contribution in [3.05, 3.63) is 18.2 Å². The third-order valence-electron chi connectivity index (χ3n) is 2.86. The van der Waals surface area contributed by atoms with E-state index in [0.29, 0.717) is 24.7 Å². The number of sulfone groups is 1. The highest BCUT2D eigenvalue weighted by molar-refractivity contribution is 7.90. The molecule has 0 saturated carbocycles. The van der Waals surface area contributed by atoms with Crippen LogP contribution in [0.3, 0.4) is 0 Å². The van der Waals surface area contributed by atoms with Gasteiger partial charge in [-0.05, 0) is 25.1 Å². The Labute approximate surface area is 113 Å². The Morgan fingerprint density at radius 2 is 2.16 bits per heavy atom. The molecule has 106 valence electrons. The number of benzene rings is 1. The molecule has 1 N–H and O–H groups in total. The quantitative estimate of drug-likeness (QED) is 0.824. The van der Waals surface area contributed by atoms with Crippen LogP contribution in [-0.2, 0) is 9.84 Å². The van der Waals surface area contributed by atoms with Crippen LogP contribution < -0.4 is 14.8 Å². The highest BCUT2D eigenvalue weighted by Crippen LogP contribution is 2.33. The topological polar surface area (TPSA) is 64.6 Å². The van der Waals surface area contributed by atoms with E-state index in [1.165, 1.54) is 18.4 Å². The minimum absolute atomic E-state index is 0.0890. The van der Waals surface area contributed by atoms with E-state index >= 15 is 0 Å². The van der Waals surface area contributed by atoms with Crippen LogP contribution in [0.5, 0.6) is 11.5 Å². The van der Waals surface area contributed by atoms with Gasteiger partial charge in [0.2, 0.25) is 0 Å². The Hall–Kier alpha value is -1.27. The molecule has 1 aliphatic rings. The summed E-state index contributed by atoms with van der Waals surface area (Å²) >= 11 is 0. The molecule has 19 heavy (non-hydrogen) atoms. The van der Waals surface area contributed by atoms with Crippen LogP contribution >= 0.6 is 0 Å². The molecule has 1 aromatic rings. The molecule has 1 unspecified atom stereocenters. The summed E-state index contributed by atoms with van der Waals surface area (Å²) in [5.41, 5.74) is 0. The van der Waals surface area contributed by atoms with Crippen LogP contribution in [0.15, 0.2) is 23.1 Å². The van der Waals surface area contributed by atoms with Crippen molar-refractivity contribution in [2.45, 2.75) is 24.3 Å². The van der Waals surface area contributed by atoms with E-state index in [2.05, 4.69) is 12.2 Å². The summed E-state index contributed by atoms with van der Waals surface area (Å²) in [6.45, 7) is 4.19. The first-order valence-electron chi connectivity index (χ1n) is 6.35. The second-order valence-electron chi connectivity index (χ2n) is 4.64. The van der Waals surface area contributed by atoms with E-state index < -0.39 is 9.84 Å². The Morgan fingerprint density at radius 3 is 2.84 bits per heavy atom. The first-order valence-corrected chi connectivity index (χ1v) is 8.24. The zero-order valence-corrected chi connectivity index (χ0v) is 12.0. The Bertz CT molecular complexity index is 542. The van der Waals surface area contributed by atoms with Gasteiger partial charge in [-0.15, -0.1) is 0 Å². The molecule has 5 nitrogen and oxygen atoms in total. The Balaban J connectivity index is 2.10. The number of rotatable bonds is 5. The molecule has 2 rings (SSSR count). The van der Waals surface area contributed by atoms with Crippen molar-refractivity contribution in [2.75, 3.05) is 26.0 Å². The fourth-order valence-electron chi connectivity index (χ4n) is 1.87. The first-order chi connectivity index (χ1) is 9.00. The van der Waals surface area contributed by atoms with Gasteiger partial charge in [-0.25, -0.2) is 8.42 Å². The van der Waals surface area contributed by atoms with Gasteiger partial charge in [-0.3, -0.25) is 0 Å². The lowest BCUT2D eigenvalue weighted by Crippen LogP contribution is -2.38. The van der Waals surface area contributed by atoms with Crippen molar-refractivity contribution >= 4 is 9.84 Å². The maximum absolute atomic E-state index is 11.5. The van der Waals surface area contributed by atoms with Gasteiger partial charge in [-0.1, -0.05) is 6.92 Å². The SMILES string of the molecule is CCCNCC1COc2ccc(S(C)(=O)=O)cc2O1. The van der Waals surface area contributed by atoms with Gasteiger partial charge in [0.25, 0.3) is 0 Å². The van der Waals surface area contributed by atoms with E-state index in [1.54, 1.807) is 6.07 Å². The average Bonchev–Trinajstić information content (AvgIpc) is 2.37. The molecule has 1 heterocycles. The zero-order chi connectivity index (χ0) is 13.9. The van der Waals surface area contributed by atoms with Gasteiger partial charge < -0.3 is 14.8 Å². The molecule has 1 aromatic carbocycles. The zero-order valence-electron chi connectivity index (χ0n) is 11.2. The molecule has 1 atom stereocenters. The van der Waals surface area contributed by atoms with Crippen LogP contribution in [-0.4, -0.2) is 40.5 Å². The Morgan fingerprint density at radius 1 is 1.37 bits per heavy atom. The van der Waals surface area contributed by atoms with Gasteiger partial charge in [0, 0.05) is 18.9 Å². The summed E-state index contributed by atoms with van der Waals surface area (Å²) in [4.78, 5) is 0.247. The molecule has 0 fully saturated rings. The molecular weight excluding hydrogens is 266 g/mol. The predicted octanol–water partition coefficient (Wildman–Crippen LogP) is 1.23. The highest BCUT2D eigenvalue weighted by Gasteiger charge is 2.22. The van der Waals surface area contributed by atoms with Crippen LogP contribution in [0.1, 0.15) is 13.3 Å². The number of nitrogens with one attached hydrogen (secondary N) is 1. The summed E-state index contributed by atoms with van der Waals surface area (Å²) in [5, 5.41) is 3.26. The molecule has 1 aliphatic heterocycles. The third-order valence-corrected chi connectivity index (χ3v) is 3.97. The number of fused-ring (bicyclic) bond motifs is 1. The number of ether oxygens (including phenoxy) is 2. The van der Waals surface area contributed by atoms with Crippen LogP contribution in [0.2, 0.25) is 0 Å². The summed E-state index contributed by atoms with van der Waals surface area (Å²) in [5.74, 6) is 1.09. The average molecular weight is 285 g/mol. The Kier molecular flexibility index (Phi) is 4.31. The standard InChI is InChI=1S/C13H19NO4S/c1-3-6-14-8-10-9-17-12-5-4-11(19(2,15)16)7-13(12)18-10/h4-5,7,10,14H,3,6,8-9H2,1-2H3. The smallest absolute Gasteiger partial charge is 0.175 e. The summed E-state index contributed by atoms with van der Waals surface area (Å²) in [6, 6.07) is 4.70. The largest absolute Gasteiger partial charge is 0.486 e. The van der Waals surface area contributed by atoms with Gasteiger partial charge in [0.1, 0.15) is 12.7 Å². The molecule has 0 spiro atoms. The lowest BCUT2D eigenvalue weighted by Gasteiger charge is -2.27. The fourth-order valence-corrected chi connectivity index (χ4v) is 2.50. The first kappa shape index (κ1) is 14.1. The van der Waals surface area contributed by atoms with Crippen LogP contribution in [0, 0.1) is 0 Å². The molecule has 0 aliphatic carbocycles. The molecule has 0 saturated heterocycles. The van der Waals surface area contributed by atoms with E-state index in [1.807, 2.05) is 0 Å². The van der Waals surface area contributed by atoms with Gasteiger partial charge in [0.05, 0.1) is 4.90 Å².